The van der Waals surface area contributed by atoms with Gasteiger partial charge in [-0.1, -0.05) is 36.0 Å². The maximum Gasteiger partial charge on any atom is 0.209 e. The molecule has 0 unspecified atom stereocenters. The molecule has 1 aliphatic carbocycles. The van der Waals surface area contributed by atoms with Gasteiger partial charge in [-0.3, -0.25) is 4.79 Å². The molecule has 0 radical (unpaired) electrons. The van der Waals surface area contributed by atoms with E-state index in [9.17, 15) is 4.79 Å². The molecular formula is C17H15N3OS2. The first-order chi connectivity index (χ1) is 11.3. The third kappa shape index (κ3) is 3.23. The third-order valence-corrected chi connectivity index (χ3v) is 5.43. The number of benzene rings is 1. The number of ketones is 1. The number of Topliss-reactive ketones (excluding diaryl/α,β-unsaturated/α-hetero) is 1. The SMILES string of the molecule is O=C(CSc1nc(C2CC2)n(-c2ccccc2)n1)c1cccs1. The molecule has 4 nitrogen and oxygen atoms in total. The van der Waals surface area contributed by atoms with Gasteiger partial charge in [0.2, 0.25) is 5.16 Å². The quantitative estimate of drug-likeness (QED) is 0.498. The lowest BCUT2D eigenvalue weighted by Crippen LogP contribution is -2.01. The van der Waals surface area contributed by atoms with Gasteiger partial charge in [-0.15, -0.1) is 16.4 Å². The van der Waals surface area contributed by atoms with E-state index < -0.39 is 0 Å². The Balaban J connectivity index is 1.54. The number of thioether (sulfide) groups is 1. The molecule has 1 fully saturated rings. The van der Waals surface area contributed by atoms with Crippen LogP contribution in [-0.2, 0) is 0 Å². The summed E-state index contributed by atoms with van der Waals surface area (Å²) in [4.78, 5) is 17.6. The molecule has 116 valence electrons. The van der Waals surface area contributed by atoms with Gasteiger partial charge in [-0.25, -0.2) is 9.67 Å². The van der Waals surface area contributed by atoms with Crippen molar-refractivity contribution in [2.24, 2.45) is 0 Å². The summed E-state index contributed by atoms with van der Waals surface area (Å²) in [6.45, 7) is 0. The number of aromatic nitrogens is 3. The normalized spacial score (nSPS) is 14.1. The summed E-state index contributed by atoms with van der Waals surface area (Å²) < 4.78 is 1.93. The van der Waals surface area contributed by atoms with Gasteiger partial charge in [0.1, 0.15) is 5.82 Å². The largest absolute Gasteiger partial charge is 0.292 e. The number of nitrogens with zero attached hydrogens (tertiary/aromatic N) is 3. The summed E-state index contributed by atoms with van der Waals surface area (Å²) >= 11 is 2.89. The maximum absolute atomic E-state index is 12.1. The smallest absolute Gasteiger partial charge is 0.209 e. The zero-order valence-corrected chi connectivity index (χ0v) is 14.0. The Hall–Kier alpha value is -1.92. The molecular weight excluding hydrogens is 326 g/mol. The van der Waals surface area contributed by atoms with E-state index in [1.807, 2.05) is 52.5 Å². The van der Waals surface area contributed by atoms with Gasteiger partial charge < -0.3 is 0 Å². The Labute approximate surface area is 142 Å². The van der Waals surface area contributed by atoms with Gasteiger partial charge in [0.25, 0.3) is 0 Å². The zero-order chi connectivity index (χ0) is 15.6. The summed E-state index contributed by atoms with van der Waals surface area (Å²) in [7, 11) is 0. The van der Waals surface area contributed by atoms with Crippen molar-refractivity contribution in [1.82, 2.24) is 14.8 Å². The lowest BCUT2D eigenvalue weighted by Gasteiger charge is -2.03. The van der Waals surface area contributed by atoms with Gasteiger partial charge in [0.15, 0.2) is 5.78 Å². The van der Waals surface area contributed by atoms with Crippen LogP contribution in [0, 0.1) is 0 Å². The number of thiophene rings is 1. The molecule has 0 atom stereocenters. The molecule has 2 aromatic heterocycles. The predicted octanol–water partition coefficient (Wildman–Crippen LogP) is 4.18. The molecule has 0 spiro atoms. The lowest BCUT2D eigenvalue weighted by molar-refractivity contribution is 0.102. The van der Waals surface area contributed by atoms with Gasteiger partial charge >= 0.3 is 0 Å². The molecule has 0 bridgehead atoms. The number of rotatable bonds is 6. The van der Waals surface area contributed by atoms with Crippen LogP contribution in [0.1, 0.15) is 34.3 Å². The fraction of sp³-hybridized carbons (Fsp3) is 0.235. The van der Waals surface area contributed by atoms with Crippen LogP contribution in [-0.4, -0.2) is 26.3 Å². The van der Waals surface area contributed by atoms with Crippen molar-refractivity contribution in [1.29, 1.82) is 0 Å². The number of carbonyl (C=O) groups is 1. The Morgan fingerprint density at radius 1 is 1.22 bits per heavy atom. The third-order valence-electron chi connectivity index (χ3n) is 3.68. The molecule has 0 aliphatic heterocycles. The molecule has 23 heavy (non-hydrogen) atoms. The van der Waals surface area contributed by atoms with E-state index in [-0.39, 0.29) is 5.78 Å². The van der Waals surface area contributed by atoms with E-state index >= 15 is 0 Å². The zero-order valence-electron chi connectivity index (χ0n) is 12.4. The van der Waals surface area contributed by atoms with Gasteiger partial charge in [0.05, 0.1) is 16.3 Å². The Morgan fingerprint density at radius 2 is 2.04 bits per heavy atom. The van der Waals surface area contributed by atoms with E-state index in [2.05, 4.69) is 10.1 Å². The minimum absolute atomic E-state index is 0.133. The van der Waals surface area contributed by atoms with Crippen LogP contribution in [0.2, 0.25) is 0 Å². The molecule has 1 saturated carbocycles. The minimum Gasteiger partial charge on any atom is -0.292 e. The molecule has 4 rings (SSSR count). The van der Waals surface area contributed by atoms with E-state index in [1.165, 1.54) is 35.9 Å². The van der Waals surface area contributed by atoms with Crippen molar-refractivity contribution in [2.45, 2.75) is 23.9 Å². The summed E-state index contributed by atoms with van der Waals surface area (Å²) in [5.74, 6) is 2.03. The molecule has 1 aliphatic rings. The van der Waals surface area contributed by atoms with Crippen molar-refractivity contribution in [2.75, 3.05) is 5.75 Å². The molecule has 0 N–H and O–H groups in total. The highest BCUT2D eigenvalue weighted by Gasteiger charge is 2.30. The molecule has 1 aromatic carbocycles. The van der Waals surface area contributed by atoms with Crippen molar-refractivity contribution in [3.63, 3.8) is 0 Å². The predicted molar refractivity (Wildman–Crippen MR) is 92.7 cm³/mol. The lowest BCUT2D eigenvalue weighted by atomic mass is 10.3. The van der Waals surface area contributed by atoms with Crippen LogP contribution in [0.15, 0.2) is 53.0 Å². The summed E-state index contributed by atoms with van der Waals surface area (Å²) in [5.41, 5.74) is 1.03. The number of hydrogen-bond acceptors (Lipinski definition) is 5. The second kappa shape index (κ2) is 6.29. The highest BCUT2D eigenvalue weighted by atomic mass is 32.2. The number of carbonyl (C=O) groups excluding carboxylic acids is 1. The fourth-order valence-electron chi connectivity index (χ4n) is 2.37. The second-order valence-corrected chi connectivity index (χ2v) is 7.35. The van der Waals surface area contributed by atoms with Crippen LogP contribution in [0.4, 0.5) is 0 Å². The van der Waals surface area contributed by atoms with Crippen molar-refractivity contribution in [3.05, 3.63) is 58.5 Å². The Kier molecular flexibility index (Phi) is 4.01. The van der Waals surface area contributed by atoms with Gasteiger partial charge in [-0.05, 0) is 36.4 Å². The molecule has 6 heteroatoms. The summed E-state index contributed by atoms with van der Waals surface area (Å²) in [5, 5.41) is 7.22. The fourth-order valence-corrected chi connectivity index (χ4v) is 3.84. The summed E-state index contributed by atoms with van der Waals surface area (Å²) in [6.07, 6.45) is 2.34. The van der Waals surface area contributed by atoms with Crippen LogP contribution >= 0.6 is 23.1 Å². The summed E-state index contributed by atoms with van der Waals surface area (Å²) in [6, 6.07) is 13.8. The van der Waals surface area contributed by atoms with Crippen LogP contribution in [0.3, 0.4) is 0 Å². The number of hydrogen-bond donors (Lipinski definition) is 0. The highest BCUT2D eigenvalue weighted by Crippen LogP contribution is 2.40. The van der Waals surface area contributed by atoms with Crippen molar-refractivity contribution in [3.8, 4) is 5.69 Å². The van der Waals surface area contributed by atoms with E-state index in [0.29, 0.717) is 16.8 Å². The molecule has 0 saturated heterocycles. The van der Waals surface area contributed by atoms with Gasteiger partial charge in [0, 0.05) is 5.92 Å². The topological polar surface area (TPSA) is 47.8 Å². The van der Waals surface area contributed by atoms with E-state index in [4.69, 9.17) is 0 Å². The molecule has 3 aromatic rings. The van der Waals surface area contributed by atoms with Gasteiger partial charge in [-0.2, -0.15) is 0 Å². The second-order valence-electron chi connectivity index (χ2n) is 5.46. The van der Waals surface area contributed by atoms with Crippen molar-refractivity contribution < 1.29 is 4.79 Å². The maximum atomic E-state index is 12.1. The monoisotopic (exact) mass is 341 g/mol. The Morgan fingerprint density at radius 3 is 2.74 bits per heavy atom. The van der Waals surface area contributed by atoms with E-state index in [0.717, 1.165) is 16.4 Å². The van der Waals surface area contributed by atoms with E-state index in [1.54, 1.807) is 0 Å². The Bertz CT molecular complexity index is 808. The van der Waals surface area contributed by atoms with Crippen LogP contribution in [0.25, 0.3) is 5.69 Å². The number of para-hydroxylation sites is 1. The standard InChI is InChI=1S/C17H15N3OS2/c21-14(15-7-4-10-22-15)11-23-17-18-16(12-8-9-12)20(19-17)13-5-2-1-3-6-13/h1-7,10,12H,8-9,11H2. The average Bonchev–Trinajstić information content (AvgIpc) is 3.13. The first-order valence-electron chi connectivity index (χ1n) is 7.53. The minimum atomic E-state index is 0.133. The van der Waals surface area contributed by atoms with Crippen molar-refractivity contribution >= 4 is 28.9 Å². The first kappa shape index (κ1) is 14.7. The average molecular weight is 341 g/mol. The molecule has 0 amide bonds. The first-order valence-corrected chi connectivity index (χ1v) is 9.39. The molecule has 2 heterocycles. The highest BCUT2D eigenvalue weighted by molar-refractivity contribution is 7.99. The van der Waals surface area contributed by atoms with Crippen LogP contribution in [0.5, 0.6) is 0 Å². The van der Waals surface area contributed by atoms with Crippen LogP contribution < -0.4 is 0 Å².